The summed E-state index contributed by atoms with van der Waals surface area (Å²) in [4.78, 5) is 10.8. The van der Waals surface area contributed by atoms with Gasteiger partial charge in [-0.15, -0.1) is 0 Å². The fourth-order valence-corrected chi connectivity index (χ4v) is 1.24. The third-order valence-corrected chi connectivity index (χ3v) is 2.05. The van der Waals surface area contributed by atoms with Gasteiger partial charge in [-0.25, -0.2) is 4.79 Å². The number of methoxy groups -OCH3 is 1. The molecule has 0 bridgehead atoms. The van der Waals surface area contributed by atoms with Crippen molar-refractivity contribution >= 4 is 5.97 Å². The van der Waals surface area contributed by atoms with Gasteiger partial charge in [0.05, 0.1) is 7.11 Å². The van der Waals surface area contributed by atoms with E-state index in [1.54, 1.807) is 0 Å². The molecule has 1 rings (SSSR count). The van der Waals surface area contributed by atoms with E-state index in [1.807, 2.05) is 24.3 Å². The molecule has 0 spiro atoms. The smallest absolute Gasteiger partial charge is 0.343 e. The molecule has 0 amide bonds. The van der Waals surface area contributed by atoms with Crippen LogP contribution in [0.2, 0.25) is 0 Å². The van der Waals surface area contributed by atoms with E-state index >= 15 is 0 Å². The van der Waals surface area contributed by atoms with Crippen LogP contribution in [0.25, 0.3) is 0 Å². The fraction of sp³-hybridized carbons (Fsp3) is 0.417. The summed E-state index contributed by atoms with van der Waals surface area (Å²) < 4.78 is 9.69. The van der Waals surface area contributed by atoms with Crippen LogP contribution in [0.3, 0.4) is 0 Å². The van der Waals surface area contributed by atoms with E-state index in [0.717, 1.165) is 12.8 Å². The van der Waals surface area contributed by atoms with Crippen LogP contribution >= 0.6 is 0 Å². The van der Waals surface area contributed by atoms with Crippen molar-refractivity contribution in [2.24, 2.45) is 0 Å². The van der Waals surface area contributed by atoms with Crippen LogP contribution in [0.4, 0.5) is 0 Å². The highest BCUT2D eigenvalue weighted by Crippen LogP contribution is 2.13. The van der Waals surface area contributed by atoms with Crippen molar-refractivity contribution in [3.05, 3.63) is 29.8 Å². The molecule has 1 aromatic rings. The molecule has 4 heteroatoms. The maximum atomic E-state index is 10.8. The molecule has 0 fully saturated rings. The van der Waals surface area contributed by atoms with E-state index in [4.69, 9.17) is 4.74 Å². The number of hydrogen-bond acceptors (Lipinski definition) is 4. The number of ether oxygens (including phenoxy) is 2. The van der Waals surface area contributed by atoms with E-state index in [-0.39, 0.29) is 18.7 Å². The van der Waals surface area contributed by atoms with Crippen LogP contribution in [0.15, 0.2) is 24.3 Å². The van der Waals surface area contributed by atoms with Crippen LogP contribution in [0, 0.1) is 0 Å². The van der Waals surface area contributed by atoms with Gasteiger partial charge in [-0.3, -0.25) is 0 Å². The Morgan fingerprint density at radius 2 is 1.88 bits per heavy atom. The molecule has 0 aliphatic carbocycles. The topological polar surface area (TPSA) is 70.5 Å². The van der Waals surface area contributed by atoms with E-state index in [2.05, 4.69) is 11.7 Å². The molecule has 0 aliphatic rings. The first-order valence-corrected chi connectivity index (χ1v) is 5.04. The lowest BCUT2D eigenvalue weighted by Gasteiger charge is -2.05. The van der Waals surface area contributed by atoms with Gasteiger partial charge in [0.1, 0.15) is 5.75 Å². The molecule has 90 valence electrons. The van der Waals surface area contributed by atoms with E-state index in [9.17, 15) is 4.79 Å². The predicted octanol–water partition coefficient (Wildman–Crippen LogP) is 2.35. The second kappa shape index (κ2) is 7.70. The van der Waals surface area contributed by atoms with Gasteiger partial charge in [0, 0.05) is 0 Å². The van der Waals surface area contributed by atoms with Gasteiger partial charge in [-0.05, 0) is 24.1 Å². The Morgan fingerprint density at radius 1 is 1.25 bits per heavy atom. The molecule has 0 aromatic heterocycles. The van der Waals surface area contributed by atoms with Crippen LogP contribution < -0.4 is 10.9 Å². The molecule has 0 aliphatic heterocycles. The van der Waals surface area contributed by atoms with Crippen LogP contribution in [-0.4, -0.2) is 19.7 Å². The normalized spacial score (nSPS) is 9.12. The molecule has 0 radical (unpaired) electrons. The first kappa shape index (κ1) is 14.5. The molecule has 16 heavy (non-hydrogen) atoms. The molecule has 0 atom stereocenters. The summed E-state index contributed by atoms with van der Waals surface area (Å²) in [5, 5.41) is 0. The number of rotatable bonds is 5. The van der Waals surface area contributed by atoms with Crippen molar-refractivity contribution in [2.75, 3.05) is 13.7 Å². The fourth-order valence-electron chi connectivity index (χ4n) is 1.24. The molecule has 1 aromatic carbocycles. The Hall–Kier alpha value is -1.55. The Morgan fingerprint density at radius 3 is 2.38 bits per heavy atom. The summed E-state index contributed by atoms with van der Waals surface area (Å²) in [6.07, 6.45) is 2.19. The zero-order valence-corrected chi connectivity index (χ0v) is 9.86. The van der Waals surface area contributed by atoms with Crippen LogP contribution in [0.1, 0.15) is 18.9 Å². The summed E-state index contributed by atoms with van der Waals surface area (Å²) in [5.41, 5.74) is 1.28. The third-order valence-electron chi connectivity index (χ3n) is 2.05. The lowest BCUT2D eigenvalue weighted by Crippen LogP contribution is -2.12. The largest absolute Gasteiger partial charge is 0.482 e. The summed E-state index contributed by atoms with van der Waals surface area (Å²) in [7, 11) is 1.34. The summed E-state index contributed by atoms with van der Waals surface area (Å²) in [6.45, 7) is 2.10. The Balaban J connectivity index is 0.00000225. The van der Waals surface area contributed by atoms with E-state index < -0.39 is 0 Å². The second-order valence-corrected chi connectivity index (χ2v) is 3.26. The quantitative estimate of drug-likeness (QED) is 0.781. The molecular formula is C12H19NO3. The number of esters is 1. The molecule has 0 saturated carbocycles. The van der Waals surface area contributed by atoms with Crippen molar-refractivity contribution in [2.45, 2.75) is 19.8 Å². The minimum atomic E-state index is -0.368. The Bertz CT molecular complexity index is 309. The monoisotopic (exact) mass is 225 g/mol. The highest BCUT2D eigenvalue weighted by Gasteiger charge is 2.01. The Labute approximate surface area is 96.1 Å². The van der Waals surface area contributed by atoms with E-state index in [1.165, 1.54) is 12.7 Å². The standard InChI is InChI=1S/C12H16O3.H3N/c1-3-4-10-5-7-11(8-6-10)15-9-12(13)14-2;/h5-8H,3-4,9H2,1-2H3;1H3. The van der Waals surface area contributed by atoms with Gasteiger partial charge >= 0.3 is 5.97 Å². The number of hydrogen-bond donors (Lipinski definition) is 1. The first-order valence-electron chi connectivity index (χ1n) is 5.04. The minimum absolute atomic E-state index is 0. The summed E-state index contributed by atoms with van der Waals surface area (Å²) >= 11 is 0. The molecule has 4 nitrogen and oxygen atoms in total. The van der Waals surface area contributed by atoms with Gasteiger partial charge in [0.2, 0.25) is 0 Å². The molecule has 3 N–H and O–H groups in total. The van der Waals surface area contributed by atoms with Gasteiger partial charge in [-0.2, -0.15) is 0 Å². The third kappa shape index (κ3) is 4.79. The second-order valence-electron chi connectivity index (χ2n) is 3.26. The highest BCUT2D eigenvalue weighted by atomic mass is 16.6. The first-order chi connectivity index (χ1) is 7.26. The van der Waals surface area contributed by atoms with Crippen molar-refractivity contribution < 1.29 is 14.3 Å². The highest BCUT2D eigenvalue weighted by molar-refractivity contribution is 5.70. The van der Waals surface area contributed by atoms with Crippen molar-refractivity contribution in [1.82, 2.24) is 6.15 Å². The number of benzene rings is 1. The lowest BCUT2D eigenvalue weighted by molar-refractivity contribution is -0.142. The van der Waals surface area contributed by atoms with Crippen LogP contribution in [-0.2, 0) is 16.0 Å². The average molecular weight is 225 g/mol. The molecule has 0 saturated heterocycles. The van der Waals surface area contributed by atoms with Gasteiger partial charge in [-0.1, -0.05) is 25.5 Å². The average Bonchev–Trinajstić information content (AvgIpc) is 2.28. The van der Waals surface area contributed by atoms with Crippen LogP contribution in [0.5, 0.6) is 5.75 Å². The number of aryl methyl sites for hydroxylation is 1. The SMILES string of the molecule is CCCc1ccc(OCC(=O)OC)cc1.N. The Kier molecular flexibility index (Phi) is 6.96. The minimum Gasteiger partial charge on any atom is -0.482 e. The van der Waals surface area contributed by atoms with Gasteiger partial charge in [0.15, 0.2) is 6.61 Å². The maximum absolute atomic E-state index is 10.8. The van der Waals surface area contributed by atoms with Crippen molar-refractivity contribution in [1.29, 1.82) is 0 Å². The van der Waals surface area contributed by atoms with Gasteiger partial charge in [0.25, 0.3) is 0 Å². The van der Waals surface area contributed by atoms with Gasteiger partial charge < -0.3 is 15.6 Å². The zero-order chi connectivity index (χ0) is 11.1. The van der Waals surface area contributed by atoms with Crippen molar-refractivity contribution in [3.8, 4) is 5.75 Å². The summed E-state index contributed by atoms with van der Waals surface area (Å²) in [5.74, 6) is 0.327. The number of carbonyl (C=O) groups excluding carboxylic acids is 1. The predicted molar refractivity (Wildman–Crippen MR) is 63.0 cm³/mol. The number of carbonyl (C=O) groups is 1. The molecule has 0 heterocycles. The van der Waals surface area contributed by atoms with E-state index in [0.29, 0.717) is 5.75 Å². The lowest BCUT2D eigenvalue weighted by atomic mass is 10.1. The molecular weight excluding hydrogens is 206 g/mol. The summed E-state index contributed by atoms with van der Waals surface area (Å²) in [6, 6.07) is 7.76. The zero-order valence-electron chi connectivity index (χ0n) is 9.86. The maximum Gasteiger partial charge on any atom is 0.343 e. The molecule has 0 unspecified atom stereocenters. The van der Waals surface area contributed by atoms with Crippen molar-refractivity contribution in [3.63, 3.8) is 0 Å².